The highest BCUT2D eigenvalue weighted by Crippen LogP contribution is 2.40. The summed E-state index contributed by atoms with van der Waals surface area (Å²) in [4.78, 5) is 18.4. The molecule has 4 rings (SSSR count). The minimum Gasteiger partial charge on any atom is -0.497 e. The number of pyridine rings is 1. The van der Waals surface area contributed by atoms with Gasteiger partial charge in [0.05, 0.1) is 19.0 Å². The largest absolute Gasteiger partial charge is 0.497 e. The number of nitrogens with zero attached hydrogens (tertiary/aromatic N) is 2. The number of carboxylic acid groups (broad SMARTS) is 1. The highest BCUT2D eigenvalue weighted by molar-refractivity contribution is 5.84. The molecule has 0 atom stereocenters. The highest BCUT2D eigenvalue weighted by Gasteiger charge is 2.36. The van der Waals surface area contributed by atoms with Gasteiger partial charge < -0.3 is 20.3 Å². The van der Waals surface area contributed by atoms with Crippen molar-refractivity contribution in [2.45, 2.75) is 45.1 Å². The van der Waals surface area contributed by atoms with Gasteiger partial charge in [-0.1, -0.05) is 0 Å². The van der Waals surface area contributed by atoms with Crippen LogP contribution in [0.5, 0.6) is 11.5 Å². The zero-order chi connectivity index (χ0) is 28.0. The summed E-state index contributed by atoms with van der Waals surface area (Å²) in [7, 11) is 1.62. The van der Waals surface area contributed by atoms with E-state index in [4.69, 9.17) is 15.2 Å². The summed E-state index contributed by atoms with van der Waals surface area (Å²) in [6.45, 7) is 2.11. The number of ether oxygens (including phenoxy) is 2. The van der Waals surface area contributed by atoms with Gasteiger partial charge in [-0.15, -0.1) is 0 Å². The third kappa shape index (κ3) is 6.99. The molecule has 0 amide bonds. The number of hydrogen-bond acceptors (Lipinski definition) is 6. The predicted octanol–water partition coefficient (Wildman–Crippen LogP) is 5.08. The van der Waals surface area contributed by atoms with Gasteiger partial charge >= 0.3 is 5.97 Å². The molecule has 7 nitrogen and oxygen atoms in total. The number of fused-ring (bicyclic) bond motifs is 1. The molecule has 2 heterocycles. The molecular weight excluding hydrogens is 511 g/mol. The smallest absolute Gasteiger partial charge is 0.303 e. The summed E-state index contributed by atoms with van der Waals surface area (Å²) < 4.78 is 51.4. The van der Waals surface area contributed by atoms with Crippen LogP contribution in [0.2, 0.25) is 0 Å². The number of methoxy groups -OCH3 is 1. The number of aryl methyl sites for hydroxylation is 1. The van der Waals surface area contributed by atoms with E-state index >= 15 is 0 Å². The maximum Gasteiger partial charge on any atom is 0.303 e. The fraction of sp³-hybridized carbons (Fsp3) is 0.448. The molecule has 0 aliphatic carbocycles. The molecule has 0 bridgehead atoms. The second-order valence-corrected chi connectivity index (χ2v) is 10.2. The zero-order valence-electron chi connectivity index (χ0n) is 22.0. The first-order chi connectivity index (χ1) is 18.7. The third-order valence-electron chi connectivity index (χ3n) is 7.69. The van der Waals surface area contributed by atoms with E-state index in [0.29, 0.717) is 51.2 Å². The van der Waals surface area contributed by atoms with Crippen LogP contribution in [-0.4, -0.2) is 54.3 Å². The third-order valence-corrected chi connectivity index (χ3v) is 7.69. The quantitative estimate of drug-likeness (QED) is 0.328. The van der Waals surface area contributed by atoms with E-state index < -0.39 is 29.2 Å². The van der Waals surface area contributed by atoms with Crippen molar-refractivity contribution in [3.05, 3.63) is 65.1 Å². The summed E-state index contributed by atoms with van der Waals surface area (Å²) >= 11 is 0. The van der Waals surface area contributed by atoms with Gasteiger partial charge in [-0.2, -0.15) is 0 Å². The lowest BCUT2D eigenvalue weighted by atomic mass is 9.72. The molecule has 0 spiro atoms. The van der Waals surface area contributed by atoms with E-state index in [2.05, 4.69) is 9.88 Å². The Kier molecular flexibility index (Phi) is 9.29. The number of carboxylic acids is 1. The molecule has 39 heavy (non-hydrogen) atoms. The standard InChI is InChI=1S/C29H34F3N3O4/c1-38-21-4-5-26-23(15-21)22(19(17-33)18-34-26)3-2-6-29(16-27(36)37)7-9-35(10-8-29)11-12-39-28-24(31)13-20(30)14-25(28)32/h4-5,13-15,18H,2-3,6-12,16-17,33H2,1H3,(H,36,37). The van der Waals surface area contributed by atoms with Crippen LogP contribution in [0.3, 0.4) is 0 Å². The van der Waals surface area contributed by atoms with Crippen molar-refractivity contribution in [2.75, 3.05) is 33.4 Å². The minimum absolute atomic E-state index is 0.0336. The number of benzene rings is 2. The molecule has 1 saturated heterocycles. The number of carbonyl (C=O) groups is 1. The van der Waals surface area contributed by atoms with Gasteiger partial charge in [-0.25, -0.2) is 13.2 Å². The van der Waals surface area contributed by atoms with Crippen molar-refractivity contribution in [3.8, 4) is 11.5 Å². The van der Waals surface area contributed by atoms with Crippen LogP contribution in [0, 0.1) is 22.9 Å². The molecular formula is C29H34F3N3O4. The number of halogens is 3. The van der Waals surface area contributed by atoms with Gasteiger partial charge in [0, 0.05) is 36.8 Å². The number of piperidine rings is 1. The molecule has 1 fully saturated rings. The van der Waals surface area contributed by atoms with E-state index in [1.165, 1.54) is 0 Å². The SMILES string of the molecule is COc1ccc2ncc(CN)c(CCCC3(CC(=O)O)CCN(CCOc4c(F)cc(F)cc4F)CC3)c2c1. The van der Waals surface area contributed by atoms with Gasteiger partial charge in [-0.3, -0.25) is 14.7 Å². The van der Waals surface area contributed by atoms with Crippen LogP contribution in [-0.2, 0) is 17.8 Å². The van der Waals surface area contributed by atoms with E-state index in [0.717, 1.165) is 47.0 Å². The lowest BCUT2D eigenvalue weighted by Crippen LogP contribution is -2.42. The Bertz CT molecular complexity index is 1280. The van der Waals surface area contributed by atoms with Gasteiger partial charge in [0.15, 0.2) is 17.4 Å². The lowest BCUT2D eigenvalue weighted by Gasteiger charge is -2.41. The van der Waals surface area contributed by atoms with Crippen molar-refractivity contribution in [1.82, 2.24) is 9.88 Å². The first-order valence-corrected chi connectivity index (χ1v) is 13.1. The van der Waals surface area contributed by atoms with Gasteiger partial charge in [0.2, 0.25) is 0 Å². The molecule has 3 aromatic rings. The van der Waals surface area contributed by atoms with Gasteiger partial charge in [0.25, 0.3) is 0 Å². The predicted molar refractivity (Wildman–Crippen MR) is 141 cm³/mol. The lowest BCUT2D eigenvalue weighted by molar-refractivity contribution is -0.140. The average molecular weight is 546 g/mol. The Labute approximate surface area is 225 Å². The van der Waals surface area contributed by atoms with E-state index in [9.17, 15) is 23.1 Å². The second-order valence-electron chi connectivity index (χ2n) is 10.2. The molecule has 0 unspecified atom stereocenters. The van der Waals surface area contributed by atoms with Gasteiger partial charge in [-0.05, 0) is 79.9 Å². The topological polar surface area (TPSA) is 97.9 Å². The first-order valence-electron chi connectivity index (χ1n) is 13.1. The second kappa shape index (κ2) is 12.7. The monoisotopic (exact) mass is 545 g/mol. The Hall–Kier alpha value is -3.37. The maximum absolute atomic E-state index is 13.8. The van der Waals surface area contributed by atoms with Crippen LogP contribution >= 0.6 is 0 Å². The number of hydrogen-bond donors (Lipinski definition) is 2. The van der Waals surface area contributed by atoms with Crippen LogP contribution < -0.4 is 15.2 Å². The Morgan fingerprint density at radius 3 is 2.51 bits per heavy atom. The summed E-state index contributed by atoms with van der Waals surface area (Å²) in [6, 6.07) is 6.92. The molecule has 0 saturated carbocycles. The van der Waals surface area contributed by atoms with Crippen molar-refractivity contribution in [1.29, 1.82) is 0 Å². The number of rotatable bonds is 12. The van der Waals surface area contributed by atoms with Crippen molar-refractivity contribution < 1.29 is 32.5 Å². The molecule has 210 valence electrons. The van der Waals surface area contributed by atoms with E-state index in [-0.39, 0.29) is 18.4 Å². The van der Waals surface area contributed by atoms with Crippen LogP contribution in [0.1, 0.15) is 43.2 Å². The van der Waals surface area contributed by atoms with E-state index in [1.807, 2.05) is 18.2 Å². The van der Waals surface area contributed by atoms with Gasteiger partial charge in [0.1, 0.15) is 18.2 Å². The first kappa shape index (κ1) is 28.6. The molecule has 10 heteroatoms. The Morgan fingerprint density at radius 1 is 1.15 bits per heavy atom. The summed E-state index contributed by atoms with van der Waals surface area (Å²) in [5.41, 5.74) is 8.60. The van der Waals surface area contributed by atoms with E-state index in [1.54, 1.807) is 13.3 Å². The van der Waals surface area contributed by atoms with Crippen molar-refractivity contribution in [3.63, 3.8) is 0 Å². The Balaban J connectivity index is 1.37. The number of nitrogens with two attached hydrogens (primary N) is 1. The van der Waals surface area contributed by atoms with Crippen molar-refractivity contribution >= 4 is 16.9 Å². The maximum atomic E-state index is 13.8. The molecule has 2 aromatic carbocycles. The minimum atomic E-state index is -1.08. The summed E-state index contributed by atoms with van der Waals surface area (Å²) in [6.07, 6.45) is 5.54. The number of likely N-dealkylation sites (tertiary alicyclic amines) is 1. The van der Waals surface area contributed by atoms with Crippen LogP contribution in [0.4, 0.5) is 13.2 Å². The normalized spacial score (nSPS) is 15.4. The molecule has 1 aromatic heterocycles. The fourth-order valence-corrected chi connectivity index (χ4v) is 5.54. The Morgan fingerprint density at radius 2 is 1.87 bits per heavy atom. The summed E-state index contributed by atoms with van der Waals surface area (Å²) in [5, 5.41) is 10.7. The number of aliphatic carboxylic acids is 1. The molecule has 1 aliphatic rings. The zero-order valence-corrected chi connectivity index (χ0v) is 22.0. The molecule has 3 N–H and O–H groups in total. The average Bonchev–Trinajstić information content (AvgIpc) is 2.90. The highest BCUT2D eigenvalue weighted by atomic mass is 19.1. The van der Waals surface area contributed by atoms with Crippen molar-refractivity contribution in [2.24, 2.45) is 11.1 Å². The van der Waals surface area contributed by atoms with Crippen LogP contribution in [0.15, 0.2) is 36.5 Å². The molecule has 1 aliphatic heterocycles. The number of aromatic nitrogens is 1. The van der Waals surface area contributed by atoms with Crippen LogP contribution in [0.25, 0.3) is 10.9 Å². The summed E-state index contributed by atoms with van der Waals surface area (Å²) in [5.74, 6) is -3.83. The fourth-order valence-electron chi connectivity index (χ4n) is 5.54. The molecule has 0 radical (unpaired) electrons.